The van der Waals surface area contributed by atoms with Crippen LogP contribution in [0, 0.1) is 13.8 Å². The van der Waals surface area contributed by atoms with E-state index in [9.17, 15) is 4.79 Å². The summed E-state index contributed by atoms with van der Waals surface area (Å²) >= 11 is 1.35. The van der Waals surface area contributed by atoms with Gasteiger partial charge in [-0.1, -0.05) is 37.2 Å². The number of aromatic nitrogens is 4. The van der Waals surface area contributed by atoms with Crippen LogP contribution in [0.4, 0.5) is 0 Å². The minimum atomic E-state index is 0.00599. The standard InChI is InChI=1S/C16H23N5OS/c1-5-7-12(3)17-15(22)10-23-16-18-19-20-21(16)14-9-6-8-11(2)13(14)4/h6,8-9,12H,5,7,10H2,1-4H3,(H,17,22)/t12-/m1/s1. The minimum Gasteiger partial charge on any atom is -0.353 e. The van der Waals surface area contributed by atoms with Crippen LogP contribution < -0.4 is 5.32 Å². The van der Waals surface area contributed by atoms with E-state index in [-0.39, 0.29) is 11.9 Å². The van der Waals surface area contributed by atoms with Gasteiger partial charge in [0, 0.05) is 6.04 Å². The second-order valence-corrected chi connectivity index (χ2v) is 6.58. The summed E-state index contributed by atoms with van der Waals surface area (Å²) in [5.74, 6) is 0.311. The molecule has 2 rings (SSSR count). The third kappa shape index (κ3) is 4.54. The van der Waals surface area contributed by atoms with Gasteiger partial charge in [-0.25, -0.2) is 0 Å². The molecule has 7 heteroatoms. The molecule has 124 valence electrons. The molecule has 1 aromatic carbocycles. The van der Waals surface area contributed by atoms with E-state index < -0.39 is 0 Å². The molecule has 1 amide bonds. The smallest absolute Gasteiger partial charge is 0.230 e. The molecule has 0 spiro atoms. The van der Waals surface area contributed by atoms with Gasteiger partial charge in [-0.05, 0) is 54.8 Å². The molecule has 0 fully saturated rings. The maximum Gasteiger partial charge on any atom is 0.230 e. The summed E-state index contributed by atoms with van der Waals surface area (Å²) in [5.41, 5.74) is 3.25. The molecular weight excluding hydrogens is 310 g/mol. The van der Waals surface area contributed by atoms with E-state index in [2.05, 4.69) is 40.8 Å². The normalized spacial score (nSPS) is 12.2. The fourth-order valence-corrected chi connectivity index (χ4v) is 3.03. The molecule has 0 aliphatic heterocycles. The van der Waals surface area contributed by atoms with E-state index in [0.717, 1.165) is 24.1 Å². The molecule has 1 atom stereocenters. The Balaban J connectivity index is 2.04. The molecule has 1 N–H and O–H groups in total. The first-order chi connectivity index (χ1) is 11.0. The number of carbonyl (C=O) groups excluding carboxylic acids is 1. The van der Waals surface area contributed by atoms with Gasteiger partial charge in [-0.15, -0.1) is 5.10 Å². The molecular formula is C16H23N5OS. The summed E-state index contributed by atoms with van der Waals surface area (Å²) in [6, 6.07) is 6.21. The van der Waals surface area contributed by atoms with Crippen LogP contribution >= 0.6 is 11.8 Å². The lowest BCUT2D eigenvalue weighted by molar-refractivity contribution is -0.119. The van der Waals surface area contributed by atoms with Gasteiger partial charge in [0.1, 0.15) is 0 Å². The van der Waals surface area contributed by atoms with E-state index in [4.69, 9.17) is 0 Å². The summed E-state index contributed by atoms with van der Waals surface area (Å²) in [7, 11) is 0. The van der Waals surface area contributed by atoms with Crippen molar-refractivity contribution in [3.63, 3.8) is 0 Å². The third-order valence-electron chi connectivity index (χ3n) is 3.71. The molecule has 2 aromatic rings. The molecule has 0 aliphatic carbocycles. The van der Waals surface area contributed by atoms with Crippen molar-refractivity contribution in [3.8, 4) is 5.69 Å². The van der Waals surface area contributed by atoms with Gasteiger partial charge in [-0.2, -0.15) is 4.68 Å². The highest BCUT2D eigenvalue weighted by Crippen LogP contribution is 2.22. The van der Waals surface area contributed by atoms with Crippen molar-refractivity contribution in [2.75, 3.05) is 5.75 Å². The summed E-state index contributed by atoms with van der Waals surface area (Å²) in [4.78, 5) is 12.0. The fraction of sp³-hybridized carbons (Fsp3) is 0.500. The Morgan fingerprint density at radius 1 is 1.39 bits per heavy atom. The summed E-state index contributed by atoms with van der Waals surface area (Å²) in [6.07, 6.45) is 2.04. The number of rotatable bonds is 7. The number of carbonyl (C=O) groups is 1. The lowest BCUT2D eigenvalue weighted by Crippen LogP contribution is -2.33. The van der Waals surface area contributed by atoms with Gasteiger partial charge in [-0.3, -0.25) is 4.79 Å². The Hall–Kier alpha value is -1.89. The van der Waals surface area contributed by atoms with Gasteiger partial charge in [0.15, 0.2) is 0 Å². The number of nitrogens with one attached hydrogen (secondary N) is 1. The van der Waals surface area contributed by atoms with E-state index in [1.807, 2.05) is 26.0 Å². The highest BCUT2D eigenvalue weighted by molar-refractivity contribution is 7.99. The number of aryl methyl sites for hydroxylation is 1. The van der Waals surface area contributed by atoms with E-state index in [1.54, 1.807) is 4.68 Å². The number of nitrogens with zero attached hydrogens (tertiary/aromatic N) is 4. The Morgan fingerprint density at radius 3 is 2.91 bits per heavy atom. The number of tetrazole rings is 1. The molecule has 0 radical (unpaired) electrons. The van der Waals surface area contributed by atoms with Crippen molar-refractivity contribution >= 4 is 17.7 Å². The monoisotopic (exact) mass is 333 g/mol. The molecule has 6 nitrogen and oxygen atoms in total. The van der Waals surface area contributed by atoms with Gasteiger partial charge < -0.3 is 5.32 Å². The maximum absolute atomic E-state index is 12.0. The van der Waals surface area contributed by atoms with E-state index in [1.165, 1.54) is 17.3 Å². The Bertz CT molecular complexity index is 670. The largest absolute Gasteiger partial charge is 0.353 e. The zero-order chi connectivity index (χ0) is 16.8. The molecule has 0 unspecified atom stereocenters. The molecule has 23 heavy (non-hydrogen) atoms. The van der Waals surface area contributed by atoms with Crippen LogP contribution in [-0.4, -0.2) is 37.9 Å². The van der Waals surface area contributed by atoms with Crippen LogP contribution in [0.1, 0.15) is 37.8 Å². The SMILES string of the molecule is CCC[C@@H](C)NC(=O)CSc1nnnn1-c1cccc(C)c1C. The quantitative estimate of drug-likeness (QED) is 0.789. The number of amides is 1. The Kier molecular flexibility index (Phi) is 6.15. The summed E-state index contributed by atoms with van der Waals surface area (Å²) < 4.78 is 1.69. The van der Waals surface area contributed by atoms with E-state index in [0.29, 0.717) is 10.9 Å². The fourth-order valence-electron chi connectivity index (χ4n) is 2.34. The van der Waals surface area contributed by atoms with Gasteiger partial charge >= 0.3 is 0 Å². The summed E-state index contributed by atoms with van der Waals surface area (Å²) in [5, 5.41) is 15.5. The number of hydrogen-bond acceptors (Lipinski definition) is 5. The van der Waals surface area contributed by atoms with Crippen LogP contribution in [0.2, 0.25) is 0 Å². The third-order valence-corrected chi connectivity index (χ3v) is 4.63. The molecule has 0 saturated heterocycles. The summed E-state index contributed by atoms with van der Waals surface area (Å²) in [6.45, 7) is 8.22. The lowest BCUT2D eigenvalue weighted by Gasteiger charge is -2.12. The van der Waals surface area contributed by atoms with Gasteiger partial charge in [0.05, 0.1) is 11.4 Å². The molecule has 0 bridgehead atoms. The van der Waals surface area contributed by atoms with Crippen LogP contribution in [0.5, 0.6) is 0 Å². The number of benzene rings is 1. The first kappa shape index (κ1) is 17.5. The first-order valence-corrected chi connectivity index (χ1v) is 8.78. The van der Waals surface area contributed by atoms with Crippen molar-refractivity contribution in [1.29, 1.82) is 0 Å². The number of thioether (sulfide) groups is 1. The van der Waals surface area contributed by atoms with Gasteiger partial charge in [0.25, 0.3) is 0 Å². The zero-order valence-electron chi connectivity index (χ0n) is 14.0. The average molecular weight is 333 g/mol. The van der Waals surface area contributed by atoms with Crippen molar-refractivity contribution in [2.45, 2.75) is 51.7 Å². The van der Waals surface area contributed by atoms with Crippen molar-refractivity contribution in [3.05, 3.63) is 29.3 Å². The highest BCUT2D eigenvalue weighted by atomic mass is 32.2. The maximum atomic E-state index is 12.0. The van der Waals surface area contributed by atoms with Crippen LogP contribution in [-0.2, 0) is 4.79 Å². The van der Waals surface area contributed by atoms with Crippen LogP contribution in [0.15, 0.2) is 23.4 Å². The second-order valence-electron chi connectivity index (χ2n) is 5.64. The molecule has 0 saturated carbocycles. The van der Waals surface area contributed by atoms with Crippen LogP contribution in [0.3, 0.4) is 0 Å². The number of hydrogen-bond donors (Lipinski definition) is 1. The van der Waals surface area contributed by atoms with Crippen molar-refractivity contribution in [1.82, 2.24) is 25.5 Å². The first-order valence-electron chi connectivity index (χ1n) is 7.80. The zero-order valence-corrected chi connectivity index (χ0v) is 14.9. The molecule has 1 heterocycles. The van der Waals surface area contributed by atoms with E-state index >= 15 is 0 Å². The van der Waals surface area contributed by atoms with Gasteiger partial charge in [0.2, 0.25) is 11.1 Å². The molecule has 0 aliphatic rings. The van der Waals surface area contributed by atoms with Crippen molar-refractivity contribution < 1.29 is 4.79 Å². The van der Waals surface area contributed by atoms with Crippen LogP contribution in [0.25, 0.3) is 5.69 Å². The van der Waals surface area contributed by atoms with Crippen molar-refractivity contribution in [2.24, 2.45) is 0 Å². The Morgan fingerprint density at radius 2 is 2.17 bits per heavy atom. The minimum absolute atomic E-state index is 0.00599. The predicted molar refractivity (Wildman–Crippen MR) is 91.9 cm³/mol. The second kappa shape index (κ2) is 8.10. The highest BCUT2D eigenvalue weighted by Gasteiger charge is 2.14. The predicted octanol–water partition coefficient (Wildman–Crippen LogP) is 2.68. The average Bonchev–Trinajstić information content (AvgIpc) is 2.96. The Labute approximate surface area is 141 Å². The molecule has 1 aromatic heterocycles. The lowest BCUT2D eigenvalue weighted by atomic mass is 10.1. The topological polar surface area (TPSA) is 72.7 Å².